The third kappa shape index (κ3) is 9.94. The fourth-order valence-corrected chi connectivity index (χ4v) is 5.91. The summed E-state index contributed by atoms with van der Waals surface area (Å²) in [5.74, 6) is -1.70. The van der Waals surface area contributed by atoms with Gasteiger partial charge in [0.15, 0.2) is 24.6 Å². The average Bonchev–Trinajstić information content (AvgIpc) is 3.42. The van der Waals surface area contributed by atoms with Crippen LogP contribution in [-0.4, -0.2) is 80.1 Å². The topological polar surface area (TPSA) is 125 Å². The zero-order valence-corrected chi connectivity index (χ0v) is 27.3. The number of carbonyl (C=O) groups is 3. The first-order valence-electron chi connectivity index (χ1n) is 16.0. The Hall–Kier alpha value is -4.13. The fraction of sp³-hybridized carbons (Fsp3) is 0.432. The number of rotatable bonds is 14. The van der Waals surface area contributed by atoms with E-state index in [2.05, 4.69) is 0 Å². The lowest BCUT2D eigenvalue weighted by molar-refractivity contribution is -0.330. The van der Waals surface area contributed by atoms with Crippen molar-refractivity contribution in [2.24, 2.45) is 0 Å². The van der Waals surface area contributed by atoms with Gasteiger partial charge in [0.2, 0.25) is 0 Å². The van der Waals surface area contributed by atoms with E-state index in [1.54, 1.807) is 0 Å². The lowest BCUT2D eigenvalue weighted by atomic mass is 9.97. The van der Waals surface area contributed by atoms with Crippen LogP contribution in [0.4, 0.5) is 0 Å². The maximum Gasteiger partial charge on any atom is 0.303 e. The van der Waals surface area contributed by atoms with Crippen molar-refractivity contribution in [3.05, 3.63) is 108 Å². The summed E-state index contributed by atoms with van der Waals surface area (Å²) in [4.78, 5) is 37.1. The minimum absolute atomic E-state index is 0.0299. The van der Waals surface area contributed by atoms with Gasteiger partial charge in [-0.25, -0.2) is 0 Å². The Morgan fingerprint density at radius 1 is 0.625 bits per heavy atom. The lowest BCUT2D eigenvalue weighted by Crippen LogP contribution is -2.63. The van der Waals surface area contributed by atoms with Crippen LogP contribution in [0.3, 0.4) is 0 Å². The monoisotopic (exact) mass is 662 g/mol. The molecule has 48 heavy (non-hydrogen) atoms. The highest BCUT2D eigenvalue weighted by Crippen LogP contribution is 2.34. The molecule has 0 aromatic heterocycles. The molecule has 0 amide bonds. The van der Waals surface area contributed by atoms with Crippen LogP contribution < -0.4 is 0 Å². The van der Waals surface area contributed by atoms with Gasteiger partial charge in [-0.15, -0.1) is 0 Å². The second kappa shape index (κ2) is 17.3. The van der Waals surface area contributed by atoms with E-state index >= 15 is 0 Å². The van der Waals surface area contributed by atoms with E-state index in [0.717, 1.165) is 16.7 Å². The summed E-state index contributed by atoms with van der Waals surface area (Å²) in [5.41, 5.74) is 2.78. The number of hydrogen-bond donors (Lipinski definition) is 0. The highest BCUT2D eigenvalue weighted by molar-refractivity contribution is 5.67. The molecule has 2 saturated heterocycles. The number of hydrogen-bond acceptors (Lipinski definition) is 11. The van der Waals surface area contributed by atoms with Gasteiger partial charge in [-0.2, -0.15) is 0 Å². The van der Waals surface area contributed by atoms with Gasteiger partial charge < -0.3 is 37.9 Å². The maximum absolute atomic E-state index is 12.5. The van der Waals surface area contributed by atoms with Crippen molar-refractivity contribution in [1.82, 2.24) is 0 Å². The SMILES string of the molecule is CC(=O)O[C@@H]1[C@@H](OCc2ccccc2)[C@@H](O[C@H]2[C@@H](OC(C)=O)CO[C@@H]2Cc2ccccc2)O[C@H](COCc2ccccc2)[C@H]1OC(C)=O. The molecule has 8 atom stereocenters. The summed E-state index contributed by atoms with van der Waals surface area (Å²) in [5, 5.41) is 0. The highest BCUT2D eigenvalue weighted by atomic mass is 16.7. The molecule has 2 aliphatic rings. The van der Waals surface area contributed by atoms with E-state index in [4.69, 9.17) is 37.9 Å². The third-order valence-electron chi connectivity index (χ3n) is 7.97. The summed E-state index contributed by atoms with van der Waals surface area (Å²) in [6.45, 7) is 4.30. The Morgan fingerprint density at radius 2 is 1.17 bits per heavy atom. The summed E-state index contributed by atoms with van der Waals surface area (Å²) >= 11 is 0. The summed E-state index contributed by atoms with van der Waals surface area (Å²) in [6, 6.07) is 28.7. The van der Waals surface area contributed by atoms with Gasteiger partial charge in [-0.3, -0.25) is 14.4 Å². The largest absolute Gasteiger partial charge is 0.457 e. The summed E-state index contributed by atoms with van der Waals surface area (Å²) in [6.07, 6.45) is -6.98. The molecule has 256 valence electrons. The van der Waals surface area contributed by atoms with Crippen LogP contribution in [-0.2, 0) is 71.9 Å². The fourth-order valence-electron chi connectivity index (χ4n) is 5.91. The Morgan fingerprint density at radius 3 is 1.75 bits per heavy atom. The van der Waals surface area contributed by atoms with E-state index in [1.807, 2.05) is 91.0 Å². The second-order valence-electron chi connectivity index (χ2n) is 11.8. The molecule has 11 nitrogen and oxygen atoms in total. The first-order chi connectivity index (χ1) is 23.3. The van der Waals surface area contributed by atoms with Crippen molar-refractivity contribution in [3.8, 4) is 0 Å². The second-order valence-corrected chi connectivity index (χ2v) is 11.8. The van der Waals surface area contributed by atoms with Gasteiger partial charge in [-0.05, 0) is 16.7 Å². The number of ether oxygens (including phenoxy) is 8. The van der Waals surface area contributed by atoms with Gasteiger partial charge >= 0.3 is 17.9 Å². The third-order valence-corrected chi connectivity index (χ3v) is 7.97. The van der Waals surface area contributed by atoms with Crippen LogP contribution in [0.2, 0.25) is 0 Å². The van der Waals surface area contributed by atoms with E-state index in [1.165, 1.54) is 20.8 Å². The van der Waals surface area contributed by atoms with Crippen molar-refractivity contribution in [2.45, 2.75) is 89.4 Å². The smallest absolute Gasteiger partial charge is 0.303 e. The predicted octanol–water partition coefficient (Wildman–Crippen LogP) is 4.34. The molecule has 11 heteroatoms. The quantitative estimate of drug-likeness (QED) is 0.181. The molecule has 0 unspecified atom stereocenters. The van der Waals surface area contributed by atoms with Crippen molar-refractivity contribution in [3.63, 3.8) is 0 Å². The number of benzene rings is 3. The van der Waals surface area contributed by atoms with Gasteiger partial charge in [0.25, 0.3) is 0 Å². The Labute approximate surface area is 280 Å². The standard InChI is InChI=1S/C37H42O11/c1-24(38)44-32-23-42-30(19-27-13-7-4-8-14-27)33(32)48-37-36(43-21-29-17-11-6-12-18-29)35(46-26(3)40)34(45-25(2)39)31(47-37)22-41-20-28-15-9-5-10-16-28/h4-18,30-37H,19-23H2,1-3H3/t30-,31-,32+,33-,34-,35+,36-,37-/m1/s1. The minimum Gasteiger partial charge on any atom is -0.457 e. The van der Waals surface area contributed by atoms with Gasteiger partial charge in [0.1, 0.15) is 18.3 Å². The highest BCUT2D eigenvalue weighted by Gasteiger charge is 2.54. The van der Waals surface area contributed by atoms with E-state index in [0.29, 0.717) is 6.42 Å². The Balaban J connectivity index is 1.46. The lowest BCUT2D eigenvalue weighted by Gasteiger charge is -2.45. The molecule has 0 N–H and O–H groups in total. The number of carbonyl (C=O) groups excluding carboxylic acids is 3. The molecule has 0 saturated carbocycles. The molecule has 3 aromatic rings. The summed E-state index contributed by atoms with van der Waals surface area (Å²) in [7, 11) is 0. The number of esters is 3. The van der Waals surface area contributed by atoms with Crippen LogP contribution in [0, 0.1) is 0 Å². The predicted molar refractivity (Wildman–Crippen MR) is 171 cm³/mol. The van der Waals surface area contributed by atoms with Crippen molar-refractivity contribution in [1.29, 1.82) is 0 Å². The van der Waals surface area contributed by atoms with E-state index in [9.17, 15) is 14.4 Å². The van der Waals surface area contributed by atoms with E-state index in [-0.39, 0.29) is 26.4 Å². The van der Waals surface area contributed by atoms with Crippen molar-refractivity contribution >= 4 is 17.9 Å². The molecule has 0 aliphatic carbocycles. The summed E-state index contributed by atoms with van der Waals surface area (Å²) < 4.78 is 49.0. The molecule has 5 rings (SSSR count). The van der Waals surface area contributed by atoms with Crippen molar-refractivity contribution < 1.29 is 52.3 Å². The first kappa shape index (κ1) is 35.2. The molecule has 2 fully saturated rings. The minimum atomic E-state index is -1.18. The molecule has 0 bridgehead atoms. The molecule has 3 aromatic carbocycles. The van der Waals surface area contributed by atoms with Crippen LogP contribution in [0.15, 0.2) is 91.0 Å². The van der Waals surface area contributed by atoms with Gasteiger partial charge in [0, 0.05) is 27.2 Å². The van der Waals surface area contributed by atoms with Gasteiger partial charge in [-0.1, -0.05) is 91.0 Å². The van der Waals surface area contributed by atoms with E-state index < -0.39 is 66.9 Å². The molecular formula is C37H42O11. The molecule has 2 heterocycles. The van der Waals surface area contributed by atoms with Gasteiger partial charge in [0.05, 0.1) is 32.5 Å². The maximum atomic E-state index is 12.5. The Kier molecular flexibility index (Phi) is 12.7. The zero-order valence-electron chi connectivity index (χ0n) is 27.3. The molecule has 0 radical (unpaired) electrons. The normalized spacial score (nSPS) is 26.8. The molecule has 0 spiro atoms. The van der Waals surface area contributed by atoms with Crippen LogP contribution in [0.1, 0.15) is 37.5 Å². The zero-order chi connectivity index (χ0) is 33.9. The average molecular weight is 663 g/mol. The van der Waals surface area contributed by atoms with Crippen LogP contribution >= 0.6 is 0 Å². The van der Waals surface area contributed by atoms with Crippen LogP contribution in [0.25, 0.3) is 0 Å². The Bertz CT molecular complexity index is 1450. The molecule has 2 aliphatic heterocycles. The first-order valence-corrected chi connectivity index (χ1v) is 16.0. The van der Waals surface area contributed by atoms with Crippen molar-refractivity contribution in [2.75, 3.05) is 13.2 Å². The van der Waals surface area contributed by atoms with Crippen LogP contribution in [0.5, 0.6) is 0 Å². The molecular weight excluding hydrogens is 620 g/mol.